The second-order valence-electron chi connectivity index (χ2n) is 11.1. The molecule has 5 rings (SSSR count). The molecule has 3 N–H and O–H groups in total. The van der Waals surface area contributed by atoms with Crippen molar-refractivity contribution in [1.82, 2.24) is 29.8 Å². The molecule has 1 aliphatic rings. The van der Waals surface area contributed by atoms with Gasteiger partial charge in [0.2, 0.25) is 5.91 Å². The third-order valence-corrected chi connectivity index (χ3v) is 8.03. The largest absolute Gasteiger partial charge is 0.434 e. The zero-order chi connectivity index (χ0) is 34.4. The van der Waals surface area contributed by atoms with Crippen molar-refractivity contribution in [3.05, 3.63) is 77.1 Å². The Kier molecular flexibility index (Phi) is 10.8. The number of hydrogen-bond acceptors (Lipinski definition) is 7. The van der Waals surface area contributed by atoms with Crippen molar-refractivity contribution in [3.8, 4) is 17.0 Å². The Hall–Kier alpha value is -4.70. The van der Waals surface area contributed by atoms with Crippen LogP contribution in [-0.4, -0.2) is 87.1 Å². The van der Waals surface area contributed by atoms with Crippen LogP contribution in [0.5, 0.6) is 5.75 Å². The first-order valence-electron chi connectivity index (χ1n) is 14.9. The minimum atomic E-state index is -4.39. The number of H-pyrrole nitrogens is 1. The molecule has 2 aromatic carbocycles. The van der Waals surface area contributed by atoms with Crippen LogP contribution in [0.3, 0.4) is 0 Å². The Bertz CT molecular complexity index is 1710. The third kappa shape index (κ3) is 8.80. The number of alkyl halides is 5. The number of amides is 2. The highest BCUT2D eigenvalue weighted by molar-refractivity contribution is 6.31. The van der Waals surface area contributed by atoms with E-state index in [0.29, 0.717) is 18.7 Å². The summed E-state index contributed by atoms with van der Waals surface area (Å²) in [6, 6.07) is 12.4. The molecule has 0 radical (unpaired) electrons. The number of rotatable bonds is 12. The van der Waals surface area contributed by atoms with Gasteiger partial charge in [0.05, 0.1) is 18.4 Å². The number of piperidine rings is 1. The number of nitrogens with zero attached hydrogens (tertiary/aromatic N) is 5. The van der Waals surface area contributed by atoms with Gasteiger partial charge in [0.25, 0.3) is 5.91 Å². The maximum absolute atomic E-state index is 13.5. The Morgan fingerprint density at radius 2 is 1.88 bits per heavy atom. The van der Waals surface area contributed by atoms with Crippen LogP contribution >= 0.6 is 11.6 Å². The first-order valence-corrected chi connectivity index (χ1v) is 15.2. The molecular weight excluding hydrogens is 663 g/mol. The van der Waals surface area contributed by atoms with E-state index in [0.717, 1.165) is 5.56 Å². The number of carbonyl (C=O) groups is 2. The minimum Gasteiger partial charge on any atom is -0.434 e. The smallest absolute Gasteiger partial charge is 0.401 e. The van der Waals surface area contributed by atoms with Crippen LogP contribution < -0.4 is 15.4 Å². The van der Waals surface area contributed by atoms with Gasteiger partial charge in [-0.05, 0) is 36.6 Å². The van der Waals surface area contributed by atoms with Crippen molar-refractivity contribution >= 4 is 34.9 Å². The van der Waals surface area contributed by atoms with E-state index < -0.39 is 31.3 Å². The number of halogens is 6. The molecule has 0 spiro atoms. The van der Waals surface area contributed by atoms with Gasteiger partial charge in [-0.15, -0.1) is 0 Å². The lowest BCUT2D eigenvalue weighted by Gasteiger charge is -2.39. The van der Waals surface area contributed by atoms with E-state index >= 15 is 0 Å². The zero-order valence-electron chi connectivity index (χ0n) is 25.6. The van der Waals surface area contributed by atoms with Crippen LogP contribution in [0.4, 0.5) is 33.5 Å². The summed E-state index contributed by atoms with van der Waals surface area (Å²) in [5, 5.41) is 16.6. The summed E-state index contributed by atoms with van der Waals surface area (Å²) in [7, 11) is 1.58. The Morgan fingerprint density at radius 3 is 2.54 bits per heavy atom. The molecule has 48 heavy (non-hydrogen) atoms. The molecule has 3 heterocycles. The zero-order valence-corrected chi connectivity index (χ0v) is 26.4. The summed E-state index contributed by atoms with van der Waals surface area (Å²) in [6.07, 6.45) is -1.07. The van der Waals surface area contributed by atoms with Crippen molar-refractivity contribution in [2.75, 3.05) is 37.3 Å². The first kappa shape index (κ1) is 34.6. The van der Waals surface area contributed by atoms with Crippen LogP contribution in [0, 0.1) is 0 Å². The number of aromatic amines is 1. The van der Waals surface area contributed by atoms with Gasteiger partial charge in [0.15, 0.2) is 0 Å². The average molecular weight is 695 g/mol. The fraction of sp³-hybridized carbons (Fsp3) is 0.355. The quantitative estimate of drug-likeness (QED) is 0.159. The molecule has 4 aromatic rings. The number of aromatic nitrogens is 4. The summed E-state index contributed by atoms with van der Waals surface area (Å²) in [4.78, 5) is 29.5. The van der Waals surface area contributed by atoms with Gasteiger partial charge in [0.1, 0.15) is 29.4 Å². The van der Waals surface area contributed by atoms with E-state index in [1.807, 2.05) is 0 Å². The van der Waals surface area contributed by atoms with Gasteiger partial charge in [-0.3, -0.25) is 24.3 Å². The lowest BCUT2D eigenvalue weighted by Crippen LogP contribution is -2.49. The van der Waals surface area contributed by atoms with Crippen molar-refractivity contribution < 1.29 is 36.3 Å². The predicted octanol–water partition coefficient (Wildman–Crippen LogP) is 5.88. The molecule has 0 saturated carbocycles. The molecule has 1 fully saturated rings. The number of ether oxygens (including phenoxy) is 1. The van der Waals surface area contributed by atoms with E-state index in [4.69, 9.17) is 11.6 Å². The Balaban J connectivity index is 1.34. The molecule has 1 aliphatic heterocycles. The molecule has 1 saturated heterocycles. The molecule has 2 aromatic heterocycles. The summed E-state index contributed by atoms with van der Waals surface area (Å²) >= 11 is 6.18. The van der Waals surface area contributed by atoms with E-state index in [2.05, 4.69) is 30.7 Å². The minimum absolute atomic E-state index is 0.00575. The predicted molar refractivity (Wildman–Crippen MR) is 168 cm³/mol. The van der Waals surface area contributed by atoms with Crippen molar-refractivity contribution in [1.29, 1.82) is 0 Å². The molecule has 11 nitrogen and oxygen atoms in total. The molecule has 0 aliphatic carbocycles. The van der Waals surface area contributed by atoms with Gasteiger partial charge in [0, 0.05) is 49.5 Å². The lowest BCUT2D eigenvalue weighted by atomic mass is 10.0. The number of carbonyl (C=O) groups excluding carboxylic acids is 2. The lowest BCUT2D eigenvalue weighted by molar-refractivity contribution is -0.155. The van der Waals surface area contributed by atoms with Crippen LogP contribution in [0.2, 0.25) is 5.02 Å². The van der Waals surface area contributed by atoms with Gasteiger partial charge in [-0.1, -0.05) is 41.9 Å². The Morgan fingerprint density at radius 1 is 1.15 bits per heavy atom. The third-order valence-electron chi connectivity index (χ3n) is 7.80. The topological polar surface area (TPSA) is 120 Å². The fourth-order valence-electron chi connectivity index (χ4n) is 5.60. The van der Waals surface area contributed by atoms with Crippen LogP contribution in [0.1, 0.15) is 28.8 Å². The normalized spacial score (nSPS) is 14.1. The molecule has 17 heteroatoms. The monoisotopic (exact) mass is 694 g/mol. The highest BCUT2D eigenvalue weighted by atomic mass is 35.5. The van der Waals surface area contributed by atoms with E-state index in [1.165, 1.54) is 40.2 Å². The number of anilines is 2. The first-order chi connectivity index (χ1) is 22.9. The molecular formula is C31H32ClF5N8O3. The summed E-state index contributed by atoms with van der Waals surface area (Å²) in [5.41, 5.74) is 1.02. The second kappa shape index (κ2) is 15.0. The van der Waals surface area contributed by atoms with Crippen LogP contribution in [-0.2, 0) is 17.9 Å². The van der Waals surface area contributed by atoms with Gasteiger partial charge < -0.3 is 20.3 Å². The molecule has 256 valence electrons. The van der Waals surface area contributed by atoms with E-state index in [-0.39, 0.29) is 65.4 Å². The second-order valence-corrected chi connectivity index (χ2v) is 11.5. The molecule has 2 amide bonds. The van der Waals surface area contributed by atoms with Gasteiger partial charge in [-0.2, -0.15) is 32.1 Å². The van der Waals surface area contributed by atoms with Crippen molar-refractivity contribution in [2.45, 2.75) is 44.8 Å². The molecule has 0 bridgehead atoms. The maximum Gasteiger partial charge on any atom is 0.401 e. The summed E-state index contributed by atoms with van der Waals surface area (Å²) in [5.74, 6) is -0.920. The number of benzene rings is 2. The van der Waals surface area contributed by atoms with Gasteiger partial charge >= 0.3 is 12.8 Å². The van der Waals surface area contributed by atoms with E-state index in [1.54, 1.807) is 42.3 Å². The van der Waals surface area contributed by atoms with Crippen molar-refractivity contribution in [3.63, 3.8) is 0 Å². The van der Waals surface area contributed by atoms with Crippen LogP contribution in [0.25, 0.3) is 11.3 Å². The van der Waals surface area contributed by atoms with E-state index in [9.17, 15) is 31.5 Å². The number of nitrogens with one attached hydrogen (secondary N) is 3. The highest BCUT2D eigenvalue weighted by Gasteiger charge is 2.36. The highest BCUT2D eigenvalue weighted by Crippen LogP contribution is 2.37. The Labute approximate surface area is 277 Å². The summed E-state index contributed by atoms with van der Waals surface area (Å²) < 4.78 is 72.9. The summed E-state index contributed by atoms with van der Waals surface area (Å²) in [6.45, 7) is -3.97. The van der Waals surface area contributed by atoms with Crippen molar-refractivity contribution in [2.24, 2.45) is 0 Å². The number of likely N-dealkylation sites (tertiary alicyclic amines) is 1. The SMILES string of the molecule is CNc1[nH]ncc1C(=O)Nc1cn(CC(=O)N2CCC(N(Cc3ccccc3)CC(F)(F)F)CC2)nc1-c1cc(Cl)ccc1OC(F)F. The fourth-order valence-corrected chi connectivity index (χ4v) is 5.77. The standard InChI is InChI=1S/C31H32ClF5N8O3/c1-38-28-23(14-39-41-28)29(47)40-24-16-45(42-27(24)22-13-20(32)7-8-25(22)48-30(33)34)17-26(46)43-11-9-21(10-12-43)44(18-31(35,36)37)15-19-5-3-2-4-6-19/h2-8,13-14,16,21,30H,9-12,15,17-18H2,1H3,(H,40,47)(H2,38,39,41). The van der Waals surface area contributed by atoms with Gasteiger partial charge in [-0.25, -0.2) is 0 Å². The molecule has 0 atom stereocenters. The average Bonchev–Trinajstić information content (AvgIpc) is 3.68. The van der Waals surface area contributed by atoms with Crippen LogP contribution in [0.15, 0.2) is 60.9 Å². The molecule has 0 unspecified atom stereocenters. The maximum atomic E-state index is 13.5. The number of hydrogen-bond donors (Lipinski definition) is 3.